The molecule has 2 saturated heterocycles. The minimum atomic E-state index is 0.0898. The minimum absolute atomic E-state index is 0.0898. The van der Waals surface area contributed by atoms with E-state index in [0.717, 1.165) is 108 Å². The molecule has 4 atom stereocenters. The van der Waals surface area contributed by atoms with Crippen LogP contribution in [0.5, 0.6) is 0 Å². The van der Waals surface area contributed by atoms with Crippen LogP contribution >= 0.6 is 0 Å². The van der Waals surface area contributed by atoms with E-state index in [9.17, 15) is 19.8 Å². The molecule has 0 bridgehead atoms. The molecule has 0 unspecified atom stereocenters. The molecule has 0 radical (unpaired) electrons. The van der Waals surface area contributed by atoms with Crippen LogP contribution in [0.4, 0.5) is 23.0 Å². The van der Waals surface area contributed by atoms with Crippen molar-refractivity contribution in [3.63, 3.8) is 0 Å². The number of nitrogens with zero attached hydrogens (tertiary/aromatic N) is 12. The van der Waals surface area contributed by atoms with Crippen LogP contribution in [0.1, 0.15) is 72.4 Å². The second kappa shape index (κ2) is 19.1. The van der Waals surface area contributed by atoms with Gasteiger partial charge in [-0.05, 0) is 72.2 Å². The summed E-state index contributed by atoms with van der Waals surface area (Å²) in [4.78, 5) is 32.9. The van der Waals surface area contributed by atoms with Gasteiger partial charge in [-0.1, -0.05) is 12.1 Å². The zero-order valence-electron chi connectivity index (χ0n) is 40.7. The number of aryl methyl sites for hydroxylation is 2. The Kier molecular flexibility index (Phi) is 12.6. The van der Waals surface area contributed by atoms with Crippen LogP contribution in [0, 0.1) is 11.8 Å². The summed E-state index contributed by atoms with van der Waals surface area (Å²) in [5, 5.41) is 39.3. The third-order valence-corrected chi connectivity index (χ3v) is 15.3. The minimum Gasteiger partial charge on any atom is -0.396 e. The number of aromatic nitrogens is 8. The van der Waals surface area contributed by atoms with E-state index in [-0.39, 0.29) is 48.9 Å². The molecule has 6 aromatic rings. The third-order valence-electron chi connectivity index (χ3n) is 15.3. The highest BCUT2D eigenvalue weighted by Gasteiger charge is 2.37. The number of anilines is 4. The van der Waals surface area contributed by atoms with Gasteiger partial charge in [0, 0.05) is 163 Å². The monoisotopic (exact) mass is 953 g/mol. The van der Waals surface area contributed by atoms with Crippen molar-refractivity contribution in [1.82, 2.24) is 48.9 Å². The number of carbonyl (C=O) groups excluding carboxylic acids is 2. The summed E-state index contributed by atoms with van der Waals surface area (Å²) in [6, 6.07) is 13.5. The molecule has 18 nitrogen and oxygen atoms in total. The van der Waals surface area contributed by atoms with Crippen molar-refractivity contribution < 1.29 is 29.3 Å². The van der Waals surface area contributed by atoms with Crippen molar-refractivity contribution in [2.45, 2.75) is 77.5 Å². The van der Waals surface area contributed by atoms with Crippen LogP contribution in [0.25, 0.3) is 22.3 Å². The number of aliphatic hydroxyl groups excluding tert-OH is 2. The van der Waals surface area contributed by atoms with E-state index in [1.807, 2.05) is 58.0 Å². The lowest BCUT2D eigenvalue weighted by atomic mass is 9.90. The lowest BCUT2D eigenvalue weighted by Gasteiger charge is -2.36. The normalized spacial score (nSPS) is 21.8. The molecule has 2 aromatic carbocycles. The Morgan fingerprint density at radius 3 is 1.44 bits per heavy atom. The van der Waals surface area contributed by atoms with Gasteiger partial charge >= 0.3 is 0 Å². The topological polar surface area (TPSA) is 177 Å². The van der Waals surface area contributed by atoms with Crippen molar-refractivity contribution in [3.05, 3.63) is 94.8 Å². The Morgan fingerprint density at radius 2 is 1.09 bits per heavy atom. The Balaban J connectivity index is 0.000000152. The summed E-state index contributed by atoms with van der Waals surface area (Å²) in [5.74, 6) is 2.21. The maximum atomic E-state index is 12.3. The van der Waals surface area contributed by atoms with Crippen LogP contribution in [0.2, 0.25) is 0 Å². The molecule has 70 heavy (non-hydrogen) atoms. The summed E-state index contributed by atoms with van der Waals surface area (Å²) in [5.41, 5.74) is 13.7. The molecule has 368 valence electrons. The number of amides is 2. The predicted octanol–water partition coefficient (Wildman–Crippen LogP) is 4.90. The largest absolute Gasteiger partial charge is 0.396 e. The van der Waals surface area contributed by atoms with E-state index in [0.29, 0.717) is 52.5 Å². The summed E-state index contributed by atoms with van der Waals surface area (Å²) in [6.07, 6.45) is 12.9. The molecule has 2 amide bonds. The highest BCUT2D eigenvalue weighted by molar-refractivity contribution is 5.78. The quantitative estimate of drug-likeness (QED) is 0.211. The molecule has 6 aliphatic heterocycles. The van der Waals surface area contributed by atoms with Gasteiger partial charge in [-0.25, -0.2) is 0 Å². The van der Waals surface area contributed by atoms with Crippen LogP contribution in [-0.4, -0.2) is 137 Å². The second-order valence-corrected chi connectivity index (χ2v) is 20.0. The van der Waals surface area contributed by atoms with Crippen LogP contribution < -0.4 is 9.80 Å². The Morgan fingerprint density at radius 1 is 0.643 bits per heavy atom. The maximum absolute atomic E-state index is 12.3. The number of hydrogen-bond acceptors (Lipinski definition) is 12. The summed E-state index contributed by atoms with van der Waals surface area (Å²) in [6.45, 7) is 10.3. The standard InChI is InChI=1S/2C26H32N6O3/c2*1-17(34)30-7-5-25-23(14-30)26(28-32(25)22-6-8-35-16-22)31-12-18(15-33)9-20-10-19(3-4-24(20)31)21-11-27-29(2)13-21/h2*3-4,10-11,13,18,22,33H,5-9,12,14-16H2,1-2H3/t18-,22+;18-,22-/m10/s1. The second-order valence-electron chi connectivity index (χ2n) is 20.0. The van der Waals surface area contributed by atoms with Gasteiger partial charge in [-0.15, -0.1) is 0 Å². The molecular weight excluding hydrogens is 889 g/mol. The van der Waals surface area contributed by atoms with Gasteiger partial charge in [-0.3, -0.25) is 28.3 Å². The first-order valence-electron chi connectivity index (χ1n) is 24.9. The highest BCUT2D eigenvalue weighted by atomic mass is 16.5. The molecule has 0 spiro atoms. The zero-order valence-corrected chi connectivity index (χ0v) is 40.7. The van der Waals surface area contributed by atoms with Crippen LogP contribution in [-0.2, 0) is 71.9 Å². The van der Waals surface area contributed by atoms with Gasteiger partial charge < -0.3 is 39.3 Å². The van der Waals surface area contributed by atoms with Crippen LogP contribution in [0.3, 0.4) is 0 Å². The third kappa shape index (κ3) is 8.68. The molecule has 18 heteroatoms. The van der Waals surface area contributed by atoms with Gasteiger partial charge in [-0.2, -0.15) is 20.4 Å². The van der Waals surface area contributed by atoms with E-state index in [1.54, 1.807) is 13.8 Å². The zero-order chi connectivity index (χ0) is 48.2. The van der Waals surface area contributed by atoms with Gasteiger partial charge in [0.15, 0.2) is 11.6 Å². The van der Waals surface area contributed by atoms with Crippen LogP contribution in [0.15, 0.2) is 61.2 Å². The number of aliphatic hydroxyl groups is 2. The maximum Gasteiger partial charge on any atom is 0.219 e. The Hall–Kier alpha value is -6.34. The van der Waals surface area contributed by atoms with Crippen molar-refractivity contribution in [2.75, 3.05) is 75.6 Å². The Bertz CT molecular complexity index is 2710. The first kappa shape index (κ1) is 46.1. The fraction of sp³-hybridized carbons (Fsp3) is 0.500. The van der Waals surface area contributed by atoms with E-state index >= 15 is 0 Å². The van der Waals surface area contributed by atoms with E-state index in [2.05, 4.69) is 65.8 Å². The molecule has 10 heterocycles. The SMILES string of the molecule is CC(=O)N1CCc2c(c(N3C[C@@H](CO)Cc4cc(-c5cnn(C)c5)ccc43)nn2[C@H]2CCOC2)C1.CC(=O)N1CCc2c(c(N3C[C@H](CO)Cc4cc(-c5cnn(C)c5)ccc43)nn2[C@H]2CCOC2)C1. The summed E-state index contributed by atoms with van der Waals surface area (Å²) in [7, 11) is 3.84. The predicted molar refractivity (Wildman–Crippen MR) is 263 cm³/mol. The van der Waals surface area contributed by atoms with Gasteiger partial charge in [0.2, 0.25) is 11.8 Å². The first-order chi connectivity index (χ1) is 34.0. The van der Waals surface area contributed by atoms with Gasteiger partial charge in [0.25, 0.3) is 0 Å². The molecule has 4 aromatic heterocycles. The molecule has 0 saturated carbocycles. The number of fused-ring (bicyclic) bond motifs is 4. The number of rotatable bonds is 8. The van der Waals surface area contributed by atoms with E-state index < -0.39 is 0 Å². The fourth-order valence-corrected chi connectivity index (χ4v) is 11.5. The Labute approximate surface area is 408 Å². The lowest BCUT2D eigenvalue weighted by Crippen LogP contribution is -2.37. The first-order valence-corrected chi connectivity index (χ1v) is 24.9. The molecule has 0 aliphatic carbocycles. The van der Waals surface area contributed by atoms with E-state index in [4.69, 9.17) is 19.7 Å². The van der Waals surface area contributed by atoms with E-state index in [1.165, 1.54) is 22.5 Å². The number of ether oxygens (including phenoxy) is 2. The smallest absolute Gasteiger partial charge is 0.219 e. The van der Waals surface area contributed by atoms with Crippen molar-refractivity contribution in [3.8, 4) is 22.3 Å². The fourth-order valence-electron chi connectivity index (χ4n) is 11.5. The average molecular weight is 953 g/mol. The van der Waals surface area contributed by atoms with Crippen molar-refractivity contribution in [1.29, 1.82) is 0 Å². The van der Waals surface area contributed by atoms with Gasteiger partial charge in [0.1, 0.15) is 0 Å². The highest BCUT2D eigenvalue weighted by Crippen LogP contribution is 2.44. The van der Waals surface area contributed by atoms with Gasteiger partial charge in [0.05, 0.1) is 50.8 Å². The molecule has 2 fully saturated rings. The molecular formula is C52H64N12O6. The summed E-state index contributed by atoms with van der Waals surface area (Å²) >= 11 is 0. The number of carbonyl (C=O) groups is 2. The average Bonchev–Trinajstić information content (AvgIpc) is 4.25. The van der Waals surface area contributed by atoms with Crippen molar-refractivity contribution >= 4 is 34.8 Å². The van der Waals surface area contributed by atoms with Crippen molar-refractivity contribution in [2.24, 2.45) is 25.9 Å². The number of benzene rings is 2. The summed E-state index contributed by atoms with van der Waals surface area (Å²) < 4.78 is 19.3. The number of hydrogen-bond donors (Lipinski definition) is 2. The molecule has 6 aliphatic rings. The molecule has 2 N–H and O–H groups in total. The molecule has 12 rings (SSSR count). The lowest BCUT2D eigenvalue weighted by molar-refractivity contribution is -0.130.